The van der Waals surface area contributed by atoms with Gasteiger partial charge in [0.25, 0.3) is 0 Å². The lowest BCUT2D eigenvalue weighted by Crippen LogP contribution is -2.37. The van der Waals surface area contributed by atoms with Crippen molar-refractivity contribution < 1.29 is 13.2 Å². The summed E-state index contributed by atoms with van der Waals surface area (Å²) in [6.45, 7) is 5.14. The lowest BCUT2D eigenvalue weighted by Gasteiger charge is -2.29. The van der Waals surface area contributed by atoms with Gasteiger partial charge in [0.1, 0.15) is 15.6 Å². The van der Waals surface area contributed by atoms with Crippen LogP contribution in [0, 0.1) is 0 Å². The number of carbonyl (C=O) groups is 1. The van der Waals surface area contributed by atoms with Crippen LogP contribution in [0.25, 0.3) is 0 Å². The van der Waals surface area contributed by atoms with Crippen molar-refractivity contribution in [2.75, 3.05) is 24.6 Å². The maximum Gasteiger partial charge on any atom is 0.150 e. The van der Waals surface area contributed by atoms with Gasteiger partial charge in [-0.3, -0.25) is 9.69 Å². The largest absolute Gasteiger partial charge is 0.300 e. The summed E-state index contributed by atoms with van der Waals surface area (Å²) in [6, 6.07) is 0.323. The minimum absolute atomic E-state index is 0.226. The van der Waals surface area contributed by atoms with Gasteiger partial charge >= 0.3 is 0 Å². The maximum atomic E-state index is 11.5. The molecule has 0 N–H and O–H groups in total. The van der Waals surface area contributed by atoms with Gasteiger partial charge in [0.15, 0.2) is 0 Å². The Kier molecular flexibility index (Phi) is 7.00. The Labute approximate surface area is 117 Å². The molecule has 0 aromatic rings. The fourth-order valence-electron chi connectivity index (χ4n) is 2.73. The highest BCUT2D eigenvalue weighted by Crippen LogP contribution is 2.20. The topological polar surface area (TPSA) is 54.5 Å². The fraction of sp³-hybridized carbons (Fsp3) is 0.929. The van der Waals surface area contributed by atoms with E-state index in [1.165, 1.54) is 12.8 Å². The zero-order chi connectivity index (χ0) is 14.3. The monoisotopic (exact) mass is 289 g/mol. The zero-order valence-corrected chi connectivity index (χ0v) is 13.0. The number of rotatable bonds is 7. The Hall–Kier alpha value is -0.420. The first kappa shape index (κ1) is 16.6. The molecule has 112 valence electrons. The smallest absolute Gasteiger partial charge is 0.150 e. The molecule has 1 heterocycles. The molecule has 5 heteroatoms. The molecule has 0 saturated carbocycles. The predicted molar refractivity (Wildman–Crippen MR) is 78.1 cm³/mol. The van der Waals surface area contributed by atoms with Gasteiger partial charge in [0.05, 0.1) is 5.75 Å². The Morgan fingerprint density at radius 2 is 2.00 bits per heavy atom. The van der Waals surface area contributed by atoms with Gasteiger partial charge in [-0.05, 0) is 39.3 Å². The second kappa shape index (κ2) is 8.00. The number of Topliss-reactive ketones (excluding diaryl/α,β-unsaturated/α-hetero) is 1. The first-order chi connectivity index (χ1) is 8.94. The number of hydrogen-bond acceptors (Lipinski definition) is 4. The van der Waals surface area contributed by atoms with Crippen LogP contribution in [0.4, 0.5) is 0 Å². The van der Waals surface area contributed by atoms with Crippen molar-refractivity contribution in [1.82, 2.24) is 4.90 Å². The minimum Gasteiger partial charge on any atom is -0.300 e. The lowest BCUT2D eigenvalue weighted by molar-refractivity contribution is -0.118. The van der Waals surface area contributed by atoms with E-state index in [9.17, 15) is 13.2 Å². The van der Waals surface area contributed by atoms with Gasteiger partial charge in [-0.1, -0.05) is 19.8 Å². The van der Waals surface area contributed by atoms with Crippen LogP contribution in [0.5, 0.6) is 0 Å². The van der Waals surface area contributed by atoms with Crippen molar-refractivity contribution in [3.05, 3.63) is 0 Å². The average molecular weight is 289 g/mol. The molecule has 0 bridgehead atoms. The molecule has 0 aliphatic carbocycles. The highest BCUT2D eigenvalue weighted by molar-refractivity contribution is 7.91. The van der Waals surface area contributed by atoms with Crippen molar-refractivity contribution in [2.24, 2.45) is 0 Å². The van der Waals surface area contributed by atoms with E-state index >= 15 is 0 Å². The van der Waals surface area contributed by atoms with Crippen LogP contribution >= 0.6 is 0 Å². The first-order valence-electron chi connectivity index (χ1n) is 7.38. The quantitative estimate of drug-likeness (QED) is 0.719. The minimum atomic E-state index is -2.86. The van der Waals surface area contributed by atoms with Crippen LogP contribution in [0.2, 0.25) is 0 Å². The summed E-state index contributed by atoms with van der Waals surface area (Å²) in [5, 5.41) is 0. The number of carbonyl (C=O) groups excluding carboxylic acids is 1. The Morgan fingerprint density at radius 3 is 2.63 bits per heavy atom. The molecule has 0 spiro atoms. The van der Waals surface area contributed by atoms with E-state index in [4.69, 9.17) is 0 Å². The second-order valence-corrected chi connectivity index (χ2v) is 8.01. The third-order valence-electron chi connectivity index (χ3n) is 3.86. The molecular weight excluding hydrogens is 262 g/mol. The summed E-state index contributed by atoms with van der Waals surface area (Å²) in [7, 11) is -2.86. The zero-order valence-electron chi connectivity index (χ0n) is 12.2. The molecule has 1 saturated heterocycles. The third kappa shape index (κ3) is 6.52. The van der Waals surface area contributed by atoms with Crippen molar-refractivity contribution in [3.8, 4) is 0 Å². The molecule has 19 heavy (non-hydrogen) atoms. The van der Waals surface area contributed by atoms with Crippen LogP contribution in [0.3, 0.4) is 0 Å². The molecule has 0 radical (unpaired) electrons. The molecule has 1 atom stereocenters. The summed E-state index contributed by atoms with van der Waals surface area (Å²) in [4.78, 5) is 13.7. The van der Waals surface area contributed by atoms with Gasteiger partial charge in [-0.2, -0.15) is 0 Å². The molecule has 4 nitrogen and oxygen atoms in total. The number of sulfone groups is 1. The Balaban J connectivity index is 2.48. The van der Waals surface area contributed by atoms with Crippen LogP contribution in [-0.2, 0) is 14.6 Å². The van der Waals surface area contributed by atoms with Crippen LogP contribution in [0.15, 0.2) is 0 Å². The predicted octanol–water partition coefficient (Wildman–Crippen LogP) is 2.03. The van der Waals surface area contributed by atoms with Crippen molar-refractivity contribution in [3.63, 3.8) is 0 Å². The third-order valence-corrected chi connectivity index (χ3v) is 5.65. The number of hydrogen-bond donors (Lipinski definition) is 0. The standard InChI is InChI=1S/C14H27NO3S/c1-3-19(17,18)11-7-10-15-9-6-4-5-8-14(15)12-13(2)16/h14H,3-12H2,1-2H3. The van der Waals surface area contributed by atoms with Gasteiger partial charge < -0.3 is 0 Å². The average Bonchev–Trinajstić information content (AvgIpc) is 2.54. The molecule has 1 aliphatic heterocycles. The summed E-state index contributed by atoms with van der Waals surface area (Å²) in [6.07, 6.45) is 5.93. The van der Waals surface area contributed by atoms with Gasteiger partial charge in [-0.15, -0.1) is 0 Å². The van der Waals surface area contributed by atoms with E-state index in [2.05, 4.69) is 4.90 Å². The normalized spacial score (nSPS) is 22.1. The van der Waals surface area contributed by atoms with E-state index in [0.717, 1.165) is 25.9 Å². The number of nitrogens with zero attached hydrogens (tertiary/aromatic N) is 1. The summed E-state index contributed by atoms with van der Waals surface area (Å²) in [5.41, 5.74) is 0. The van der Waals surface area contributed by atoms with Crippen molar-refractivity contribution >= 4 is 15.6 Å². The van der Waals surface area contributed by atoms with Crippen molar-refractivity contribution in [1.29, 1.82) is 0 Å². The van der Waals surface area contributed by atoms with Crippen LogP contribution < -0.4 is 0 Å². The van der Waals surface area contributed by atoms with E-state index in [1.807, 2.05) is 0 Å². The fourth-order valence-corrected chi connectivity index (χ4v) is 3.58. The molecule has 1 unspecified atom stereocenters. The maximum absolute atomic E-state index is 11.5. The Bertz CT molecular complexity index is 378. The molecule has 1 aliphatic rings. The van der Waals surface area contributed by atoms with Gasteiger partial charge in [0, 0.05) is 18.2 Å². The molecular formula is C14H27NO3S. The molecule has 0 amide bonds. The molecule has 0 aromatic heterocycles. The highest BCUT2D eigenvalue weighted by atomic mass is 32.2. The Morgan fingerprint density at radius 1 is 1.26 bits per heavy atom. The van der Waals surface area contributed by atoms with E-state index in [1.54, 1.807) is 13.8 Å². The van der Waals surface area contributed by atoms with Gasteiger partial charge in [0.2, 0.25) is 0 Å². The SMILES string of the molecule is CCS(=O)(=O)CCCN1CCCCCC1CC(C)=O. The second-order valence-electron chi connectivity index (χ2n) is 5.54. The van der Waals surface area contributed by atoms with E-state index < -0.39 is 9.84 Å². The highest BCUT2D eigenvalue weighted by Gasteiger charge is 2.22. The number of likely N-dealkylation sites (tertiary alicyclic amines) is 1. The lowest BCUT2D eigenvalue weighted by atomic mass is 10.0. The first-order valence-corrected chi connectivity index (χ1v) is 9.20. The summed E-state index contributed by atoms with van der Waals surface area (Å²) in [5.74, 6) is 0.731. The number of ketones is 1. The summed E-state index contributed by atoms with van der Waals surface area (Å²) >= 11 is 0. The van der Waals surface area contributed by atoms with E-state index in [0.29, 0.717) is 18.9 Å². The van der Waals surface area contributed by atoms with Crippen molar-refractivity contribution in [2.45, 2.75) is 58.4 Å². The van der Waals surface area contributed by atoms with Crippen LogP contribution in [0.1, 0.15) is 52.4 Å². The molecule has 0 aromatic carbocycles. The van der Waals surface area contributed by atoms with E-state index in [-0.39, 0.29) is 17.3 Å². The molecule has 1 rings (SSSR count). The summed E-state index contributed by atoms with van der Waals surface area (Å²) < 4.78 is 23.0. The molecule has 1 fully saturated rings. The van der Waals surface area contributed by atoms with Crippen LogP contribution in [-0.4, -0.2) is 49.7 Å². The van der Waals surface area contributed by atoms with Gasteiger partial charge in [-0.25, -0.2) is 8.42 Å².